The molecule has 0 aliphatic rings. The molecule has 0 aliphatic heterocycles. The van der Waals surface area contributed by atoms with E-state index in [0.717, 1.165) is 11.1 Å². The van der Waals surface area contributed by atoms with Gasteiger partial charge in [0.2, 0.25) is 0 Å². The first-order valence-electron chi connectivity index (χ1n) is 8.81. The van der Waals surface area contributed by atoms with Gasteiger partial charge >= 0.3 is 0 Å². The van der Waals surface area contributed by atoms with E-state index in [0.29, 0.717) is 21.9 Å². The number of anilines is 2. The molecular formula is C21H18N4O2S. The van der Waals surface area contributed by atoms with Crippen LogP contribution >= 0.6 is 11.3 Å². The van der Waals surface area contributed by atoms with Gasteiger partial charge in [-0.25, -0.2) is 9.67 Å². The van der Waals surface area contributed by atoms with Gasteiger partial charge in [0.15, 0.2) is 5.13 Å². The molecule has 0 radical (unpaired) electrons. The van der Waals surface area contributed by atoms with E-state index >= 15 is 0 Å². The molecule has 0 N–H and O–H groups in total. The van der Waals surface area contributed by atoms with Gasteiger partial charge < -0.3 is 0 Å². The van der Waals surface area contributed by atoms with Crippen molar-refractivity contribution < 1.29 is 4.79 Å². The number of thiazole rings is 1. The molecule has 0 saturated heterocycles. The van der Waals surface area contributed by atoms with E-state index in [4.69, 9.17) is 0 Å². The normalized spacial score (nSPS) is 10.9. The van der Waals surface area contributed by atoms with Crippen LogP contribution in [0.25, 0.3) is 10.8 Å². The molecule has 1 amide bonds. The maximum absolute atomic E-state index is 13.2. The summed E-state index contributed by atoms with van der Waals surface area (Å²) in [5.41, 5.74) is 1.97. The van der Waals surface area contributed by atoms with E-state index in [1.54, 1.807) is 6.07 Å². The number of amides is 1. The van der Waals surface area contributed by atoms with Crippen LogP contribution in [-0.2, 0) is 11.3 Å². The van der Waals surface area contributed by atoms with Crippen molar-refractivity contribution in [2.45, 2.75) is 20.4 Å². The zero-order chi connectivity index (χ0) is 19.7. The van der Waals surface area contributed by atoms with Crippen LogP contribution < -0.4 is 10.5 Å². The summed E-state index contributed by atoms with van der Waals surface area (Å²) in [6, 6.07) is 16.6. The summed E-state index contributed by atoms with van der Waals surface area (Å²) >= 11 is 1.39. The summed E-state index contributed by atoms with van der Waals surface area (Å²) < 4.78 is 1.23. The van der Waals surface area contributed by atoms with Gasteiger partial charge in [-0.05, 0) is 32.0 Å². The van der Waals surface area contributed by atoms with Crippen molar-refractivity contribution in [1.29, 1.82) is 0 Å². The van der Waals surface area contributed by atoms with Gasteiger partial charge in [0, 0.05) is 10.8 Å². The van der Waals surface area contributed by atoms with E-state index < -0.39 is 0 Å². The fraction of sp³-hybridized carbons (Fsp3) is 0.143. The third kappa shape index (κ3) is 3.32. The summed E-state index contributed by atoms with van der Waals surface area (Å²) in [5.74, 6) is -0.273. The number of aryl methyl sites for hydroxylation is 2. The minimum Gasteiger partial charge on any atom is -0.272 e. The number of para-hydroxylation sites is 1. The molecule has 140 valence electrons. The molecule has 2 aromatic carbocycles. The Hall–Kier alpha value is -3.32. The van der Waals surface area contributed by atoms with Crippen molar-refractivity contribution in [3.05, 3.63) is 81.7 Å². The van der Waals surface area contributed by atoms with Gasteiger partial charge in [0.1, 0.15) is 6.54 Å². The molecular weight excluding hydrogens is 372 g/mol. The van der Waals surface area contributed by atoms with Gasteiger partial charge in [-0.3, -0.25) is 14.5 Å². The van der Waals surface area contributed by atoms with E-state index in [2.05, 4.69) is 10.1 Å². The minimum absolute atomic E-state index is 0.169. The third-order valence-electron chi connectivity index (χ3n) is 4.40. The Bertz CT molecular complexity index is 1210. The lowest BCUT2D eigenvalue weighted by Gasteiger charge is -2.20. The van der Waals surface area contributed by atoms with Crippen molar-refractivity contribution in [3.63, 3.8) is 0 Å². The smallest absolute Gasteiger partial charge is 0.272 e. The summed E-state index contributed by atoms with van der Waals surface area (Å²) in [6.45, 7) is 3.55. The topological polar surface area (TPSA) is 68.1 Å². The van der Waals surface area contributed by atoms with Crippen LogP contribution in [0.2, 0.25) is 0 Å². The summed E-state index contributed by atoms with van der Waals surface area (Å²) in [4.78, 5) is 32.0. The molecule has 28 heavy (non-hydrogen) atoms. The molecule has 0 aliphatic carbocycles. The number of carbonyl (C=O) groups is 1. The Morgan fingerprint density at radius 3 is 2.39 bits per heavy atom. The van der Waals surface area contributed by atoms with Gasteiger partial charge in [0.05, 0.1) is 22.5 Å². The molecule has 2 aromatic heterocycles. The van der Waals surface area contributed by atoms with Crippen LogP contribution in [-0.4, -0.2) is 20.7 Å². The third-order valence-corrected chi connectivity index (χ3v) is 5.34. The predicted octanol–water partition coefficient (Wildman–Crippen LogP) is 3.83. The second-order valence-corrected chi connectivity index (χ2v) is 7.27. The Balaban J connectivity index is 1.76. The van der Waals surface area contributed by atoms with Gasteiger partial charge in [-0.2, -0.15) is 5.10 Å². The van der Waals surface area contributed by atoms with E-state index in [9.17, 15) is 9.59 Å². The molecule has 0 saturated carbocycles. The quantitative estimate of drug-likeness (QED) is 0.531. The fourth-order valence-corrected chi connectivity index (χ4v) is 3.93. The average Bonchev–Trinajstić information content (AvgIpc) is 3.12. The van der Waals surface area contributed by atoms with Crippen molar-refractivity contribution >= 4 is 38.8 Å². The zero-order valence-corrected chi connectivity index (χ0v) is 16.3. The first-order chi connectivity index (χ1) is 13.5. The molecule has 4 rings (SSSR count). The lowest BCUT2D eigenvalue weighted by molar-refractivity contribution is -0.118. The second-order valence-electron chi connectivity index (χ2n) is 6.43. The highest BCUT2D eigenvalue weighted by atomic mass is 32.1. The minimum atomic E-state index is -0.280. The molecule has 0 fully saturated rings. The highest BCUT2D eigenvalue weighted by molar-refractivity contribution is 7.14. The van der Waals surface area contributed by atoms with E-state index in [-0.39, 0.29) is 18.0 Å². The predicted molar refractivity (Wildman–Crippen MR) is 111 cm³/mol. The summed E-state index contributed by atoms with van der Waals surface area (Å²) in [5, 5.41) is 8.17. The number of hydrogen-bond acceptors (Lipinski definition) is 5. The molecule has 2 heterocycles. The number of hydrogen-bond donors (Lipinski definition) is 0. The highest BCUT2D eigenvalue weighted by Gasteiger charge is 2.22. The Kier molecular flexibility index (Phi) is 4.75. The maximum atomic E-state index is 13.2. The Morgan fingerprint density at radius 2 is 1.71 bits per heavy atom. The van der Waals surface area contributed by atoms with E-state index in [1.165, 1.54) is 20.9 Å². The van der Waals surface area contributed by atoms with Crippen LogP contribution in [0.1, 0.15) is 11.4 Å². The van der Waals surface area contributed by atoms with Crippen LogP contribution in [0.4, 0.5) is 10.8 Å². The van der Waals surface area contributed by atoms with Gasteiger partial charge in [0.25, 0.3) is 11.5 Å². The van der Waals surface area contributed by atoms with Crippen molar-refractivity contribution in [1.82, 2.24) is 14.8 Å². The van der Waals surface area contributed by atoms with Crippen LogP contribution in [0.15, 0.2) is 64.8 Å². The summed E-state index contributed by atoms with van der Waals surface area (Å²) in [6.07, 6.45) is 0. The highest BCUT2D eigenvalue weighted by Crippen LogP contribution is 2.28. The monoisotopic (exact) mass is 390 g/mol. The Labute approximate surface area is 165 Å². The maximum Gasteiger partial charge on any atom is 0.275 e. The molecule has 0 atom stereocenters. The van der Waals surface area contributed by atoms with Crippen molar-refractivity contribution in [2.24, 2.45) is 0 Å². The molecule has 0 bridgehead atoms. The van der Waals surface area contributed by atoms with Gasteiger partial charge in [-0.1, -0.05) is 36.4 Å². The second kappa shape index (κ2) is 7.36. The number of carbonyl (C=O) groups excluding carboxylic acids is 1. The number of benzene rings is 2. The lowest BCUT2D eigenvalue weighted by Crippen LogP contribution is -2.35. The number of aromatic nitrogens is 3. The number of nitrogens with zero attached hydrogens (tertiary/aromatic N) is 4. The molecule has 7 heteroatoms. The largest absolute Gasteiger partial charge is 0.275 e. The van der Waals surface area contributed by atoms with Crippen molar-refractivity contribution in [3.8, 4) is 0 Å². The molecule has 0 unspecified atom stereocenters. The first-order valence-corrected chi connectivity index (χ1v) is 9.69. The standard InChI is InChI=1S/C21H18N4O2S/c1-14-13-28-21(22-14)25(16-8-4-3-5-9-16)19(26)12-24-20(27)18-11-7-6-10-17(18)15(2)23-24/h3-11,13H,12H2,1-2H3. The zero-order valence-electron chi connectivity index (χ0n) is 15.5. The lowest BCUT2D eigenvalue weighted by atomic mass is 10.1. The molecule has 4 aromatic rings. The number of rotatable bonds is 4. The molecule has 0 spiro atoms. The van der Waals surface area contributed by atoms with Crippen LogP contribution in [0.5, 0.6) is 0 Å². The Morgan fingerprint density at radius 1 is 1.04 bits per heavy atom. The summed E-state index contributed by atoms with van der Waals surface area (Å²) in [7, 11) is 0. The van der Waals surface area contributed by atoms with Crippen LogP contribution in [0, 0.1) is 13.8 Å². The fourth-order valence-electron chi connectivity index (χ4n) is 3.09. The van der Waals surface area contributed by atoms with Crippen LogP contribution in [0.3, 0.4) is 0 Å². The first kappa shape index (κ1) is 18.1. The van der Waals surface area contributed by atoms with Gasteiger partial charge in [-0.15, -0.1) is 11.3 Å². The molecule has 6 nitrogen and oxygen atoms in total. The SMILES string of the molecule is Cc1csc(N(C(=O)Cn2nc(C)c3ccccc3c2=O)c2ccccc2)n1. The average molecular weight is 390 g/mol. The van der Waals surface area contributed by atoms with Crippen molar-refractivity contribution in [2.75, 3.05) is 4.90 Å². The van der Waals surface area contributed by atoms with E-state index in [1.807, 2.05) is 67.8 Å². The number of fused-ring (bicyclic) bond motifs is 1.